The number of nitrogens with zero attached hydrogens (tertiary/aromatic N) is 1. The van der Waals surface area contributed by atoms with Gasteiger partial charge < -0.3 is 14.4 Å². The number of rotatable bonds is 17. The van der Waals surface area contributed by atoms with Crippen molar-refractivity contribution in [1.82, 2.24) is 0 Å². The van der Waals surface area contributed by atoms with E-state index in [4.69, 9.17) is 9.47 Å². The summed E-state index contributed by atoms with van der Waals surface area (Å²) >= 11 is 5.10. The van der Waals surface area contributed by atoms with Gasteiger partial charge in [-0.2, -0.15) is 0 Å². The summed E-state index contributed by atoms with van der Waals surface area (Å²) in [5.74, 6) is 1.80. The number of hydrogen-bond donors (Lipinski definition) is 0. The predicted molar refractivity (Wildman–Crippen MR) is 207 cm³/mol. The average molecular weight is 694 g/mol. The minimum Gasteiger partial charge on any atom is -0.494 e. The largest absolute Gasteiger partial charge is 0.494 e. The van der Waals surface area contributed by atoms with Crippen LogP contribution >= 0.6 is 34.4 Å². The van der Waals surface area contributed by atoms with Gasteiger partial charge in [-0.25, -0.2) is 0 Å². The smallest absolute Gasteiger partial charge is 0.160 e. The van der Waals surface area contributed by atoms with Crippen LogP contribution in [-0.4, -0.2) is 19.5 Å². The number of thiophene rings is 2. The summed E-state index contributed by atoms with van der Waals surface area (Å²) in [5, 5.41) is 2.12. The minimum absolute atomic E-state index is 0.747. The Bertz CT molecular complexity index is 1730. The van der Waals surface area contributed by atoms with Crippen LogP contribution in [0.3, 0.4) is 0 Å². The van der Waals surface area contributed by atoms with Crippen LogP contribution in [0.2, 0.25) is 0 Å². The van der Waals surface area contributed by atoms with Gasteiger partial charge >= 0.3 is 0 Å². The molecular formula is C41H43NO3S3. The van der Waals surface area contributed by atoms with Crippen molar-refractivity contribution in [3.8, 4) is 31.7 Å². The summed E-state index contributed by atoms with van der Waals surface area (Å²) in [7, 11) is 0. The van der Waals surface area contributed by atoms with E-state index in [-0.39, 0.29) is 0 Å². The highest BCUT2D eigenvalue weighted by Gasteiger charge is 2.20. The second-order valence-electron chi connectivity index (χ2n) is 12.0. The van der Waals surface area contributed by atoms with Crippen LogP contribution in [0.25, 0.3) is 26.3 Å². The number of thioether (sulfide) groups is 1. The van der Waals surface area contributed by atoms with Crippen molar-refractivity contribution < 1.29 is 14.3 Å². The highest BCUT2D eigenvalue weighted by Crippen LogP contribution is 2.49. The Morgan fingerprint density at radius 2 is 1.21 bits per heavy atom. The maximum atomic E-state index is 11.5. The normalized spacial score (nSPS) is 11.9. The Labute approximate surface area is 297 Å². The second-order valence-corrected chi connectivity index (χ2v) is 15.0. The number of hydrogen-bond acceptors (Lipinski definition) is 7. The molecule has 1 aliphatic rings. The van der Waals surface area contributed by atoms with Crippen LogP contribution in [0.1, 0.15) is 80.4 Å². The molecule has 3 aromatic carbocycles. The molecule has 6 rings (SSSR count). The topological polar surface area (TPSA) is 38.8 Å². The fourth-order valence-electron chi connectivity index (χ4n) is 5.77. The lowest BCUT2D eigenvalue weighted by atomic mass is 10.1. The van der Waals surface area contributed by atoms with Gasteiger partial charge in [0.25, 0.3) is 0 Å². The Morgan fingerprint density at radius 1 is 0.646 bits per heavy atom. The van der Waals surface area contributed by atoms with E-state index in [1.165, 1.54) is 63.6 Å². The standard InChI is InChI=1S/C41H43NO3S3/c1-3-5-7-9-24-44-35-19-15-33(16-20-35)42(34-17-21-36(22-18-34)45-25-10-8-6-4-2)32-13-11-30(12-14-32)38-28-39-41(48-38)40-31(23-26-46-39)27-37(29-43)47-40/h11-23,26-29H,3-10,24-25H2,1-2H3. The molecule has 1 aliphatic heterocycles. The number of fused-ring (bicyclic) bond motifs is 3. The van der Waals surface area contributed by atoms with Crippen molar-refractivity contribution in [2.24, 2.45) is 0 Å². The zero-order valence-corrected chi connectivity index (χ0v) is 30.2. The molecule has 0 fully saturated rings. The van der Waals surface area contributed by atoms with Gasteiger partial charge in [-0.1, -0.05) is 76.3 Å². The number of ether oxygens (including phenoxy) is 2. The van der Waals surface area contributed by atoms with Crippen LogP contribution in [0.15, 0.2) is 95.2 Å². The first-order chi connectivity index (χ1) is 23.7. The molecule has 0 saturated heterocycles. The Kier molecular flexibility index (Phi) is 12.1. The van der Waals surface area contributed by atoms with E-state index in [1.54, 1.807) is 34.4 Å². The second kappa shape index (κ2) is 17.0. The Balaban J connectivity index is 1.24. The van der Waals surface area contributed by atoms with E-state index in [1.807, 2.05) is 6.07 Å². The SMILES string of the molecule is CCCCCCOc1ccc(N(c2ccc(OCCCCCC)cc2)c2ccc(-c3cc4c(s3)-c3sc(C=O)cc3C=CS4)cc2)cc1. The van der Waals surface area contributed by atoms with Crippen LogP contribution in [-0.2, 0) is 0 Å². The highest BCUT2D eigenvalue weighted by atomic mass is 32.2. The molecule has 0 radical (unpaired) electrons. The first-order valence-electron chi connectivity index (χ1n) is 17.1. The molecule has 4 nitrogen and oxygen atoms in total. The molecule has 7 heteroatoms. The number of benzene rings is 3. The minimum atomic E-state index is 0.747. The lowest BCUT2D eigenvalue weighted by Gasteiger charge is -2.26. The molecule has 0 aliphatic carbocycles. The summed E-state index contributed by atoms with van der Waals surface area (Å²) in [4.78, 5) is 19.4. The number of aldehydes is 1. The summed E-state index contributed by atoms with van der Waals surface area (Å²) in [5.41, 5.74) is 5.50. The van der Waals surface area contributed by atoms with Gasteiger partial charge in [0.05, 0.1) is 27.8 Å². The van der Waals surface area contributed by atoms with Crippen molar-refractivity contribution in [3.63, 3.8) is 0 Å². The molecular weight excluding hydrogens is 651 g/mol. The molecule has 0 amide bonds. The highest BCUT2D eigenvalue weighted by molar-refractivity contribution is 8.02. The van der Waals surface area contributed by atoms with Gasteiger partial charge in [0.1, 0.15) is 11.5 Å². The molecule has 0 N–H and O–H groups in total. The molecule has 2 aromatic heterocycles. The molecule has 0 bridgehead atoms. The zero-order valence-electron chi connectivity index (χ0n) is 27.8. The zero-order chi connectivity index (χ0) is 33.1. The van der Waals surface area contributed by atoms with Crippen molar-refractivity contribution in [2.75, 3.05) is 18.1 Å². The molecule has 0 unspecified atom stereocenters. The molecule has 5 aromatic rings. The number of unbranched alkanes of at least 4 members (excludes halogenated alkanes) is 6. The fourth-order valence-corrected chi connectivity index (χ4v) is 9.12. The van der Waals surface area contributed by atoms with Crippen LogP contribution in [0.5, 0.6) is 11.5 Å². The quantitative estimate of drug-likeness (QED) is 0.0716. The maximum Gasteiger partial charge on any atom is 0.160 e. The Morgan fingerprint density at radius 3 is 1.75 bits per heavy atom. The third-order valence-corrected chi connectivity index (χ3v) is 11.8. The summed E-state index contributed by atoms with van der Waals surface area (Å²) in [6.07, 6.45) is 12.6. The van der Waals surface area contributed by atoms with Gasteiger partial charge in [-0.05, 0) is 108 Å². The van der Waals surface area contributed by atoms with E-state index in [0.29, 0.717) is 0 Å². The lowest BCUT2D eigenvalue weighted by molar-refractivity contribution is 0.112. The number of anilines is 3. The average Bonchev–Trinajstić information content (AvgIpc) is 3.70. The van der Waals surface area contributed by atoms with E-state index in [9.17, 15) is 4.79 Å². The van der Waals surface area contributed by atoms with Crippen molar-refractivity contribution in [1.29, 1.82) is 0 Å². The van der Waals surface area contributed by atoms with Gasteiger partial charge in [-0.3, -0.25) is 4.79 Å². The van der Waals surface area contributed by atoms with E-state index < -0.39 is 0 Å². The van der Waals surface area contributed by atoms with Crippen molar-refractivity contribution >= 4 is 63.9 Å². The van der Waals surface area contributed by atoms with Gasteiger partial charge in [0.15, 0.2) is 6.29 Å². The maximum absolute atomic E-state index is 11.5. The van der Waals surface area contributed by atoms with Crippen molar-refractivity contribution in [2.45, 2.75) is 70.1 Å². The first-order valence-corrected chi connectivity index (χ1v) is 19.6. The third-order valence-electron chi connectivity index (χ3n) is 8.38. The monoisotopic (exact) mass is 693 g/mol. The van der Waals surface area contributed by atoms with E-state index in [0.717, 1.165) is 71.3 Å². The van der Waals surface area contributed by atoms with E-state index >= 15 is 0 Å². The first kappa shape index (κ1) is 34.1. The lowest BCUT2D eigenvalue weighted by Crippen LogP contribution is -2.10. The van der Waals surface area contributed by atoms with Crippen molar-refractivity contribution in [3.05, 3.63) is 101 Å². The van der Waals surface area contributed by atoms with Crippen LogP contribution in [0, 0.1) is 0 Å². The number of carbonyl (C=O) groups excluding carboxylic acids is 1. The summed E-state index contributed by atoms with van der Waals surface area (Å²) < 4.78 is 12.1. The van der Waals surface area contributed by atoms with Crippen LogP contribution in [0.4, 0.5) is 17.1 Å². The Hall–Kier alpha value is -3.78. The van der Waals surface area contributed by atoms with Gasteiger partial charge in [-0.15, -0.1) is 22.7 Å². The molecule has 48 heavy (non-hydrogen) atoms. The summed E-state index contributed by atoms with van der Waals surface area (Å²) in [6, 6.07) is 29.9. The molecule has 0 saturated carbocycles. The van der Waals surface area contributed by atoms with Gasteiger partial charge in [0, 0.05) is 26.8 Å². The van der Waals surface area contributed by atoms with Gasteiger partial charge in [0.2, 0.25) is 0 Å². The fraction of sp³-hybridized carbons (Fsp3) is 0.293. The number of carbonyl (C=O) groups is 1. The third kappa shape index (κ3) is 8.43. The van der Waals surface area contributed by atoms with E-state index in [2.05, 4.69) is 109 Å². The molecule has 0 spiro atoms. The predicted octanol–water partition coefficient (Wildman–Crippen LogP) is 13.4. The van der Waals surface area contributed by atoms with Crippen LogP contribution < -0.4 is 14.4 Å². The summed E-state index contributed by atoms with van der Waals surface area (Å²) in [6.45, 7) is 5.95. The molecule has 248 valence electrons. The molecule has 3 heterocycles. The molecule has 0 atom stereocenters.